The van der Waals surface area contributed by atoms with Gasteiger partial charge in [-0.05, 0) is 155 Å². The fourth-order valence-corrected chi connectivity index (χ4v) is 9.15. The van der Waals surface area contributed by atoms with Gasteiger partial charge in [-0.1, -0.05) is 13.8 Å². The number of aliphatic hydroxyl groups is 1. The van der Waals surface area contributed by atoms with Crippen LogP contribution in [-0.2, 0) is 40.0 Å². The summed E-state index contributed by atoms with van der Waals surface area (Å²) in [7, 11) is 3.71. The predicted octanol–water partition coefficient (Wildman–Crippen LogP) is 11.8. The minimum atomic E-state index is -0.940. The Balaban J connectivity index is 0.000000171. The molecule has 6 aromatic heterocycles. The number of benzene rings is 2. The zero-order chi connectivity index (χ0) is 53.9. The maximum atomic E-state index is 14.4. The van der Waals surface area contributed by atoms with E-state index in [1.165, 1.54) is 68.4 Å². The Kier molecular flexibility index (Phi) is 16.2. The molecule has 0 amide bonds. The van der Waals surface area contributed by atoms with Crippen LogP contribution < -0.4 is 4.74 Å². The molecule has 2 aromatic carbocycles. The van der Waals surface area contributed by atoms with Gasteiger partial charge in [-0.3, -0.25) is 18.7 Å². The molecule has 18 nitrogen and oxygen atoms in total. The molecule has 2 fully saturated rings. The number of nitro groups is 2. The van der Waals surface area contributed by atoms with Crippen LogP contribution in [0.2, 0.25) is 0 Å². The second kappa shape index (κ2) is 22.4. The van der Waals surface area contributed by atoms with Gasteiger partial charge in [-0.2, -0.15) is 24.8 Å². The fourth-order valence-electron chi connectivity index (χ4n) is 8.53. The first-order valence-corrected chi connectivity index (χ1v) is 25.4. The molecular formula is C52H53Br2F3N12O6. The molecular weight excluding hydrogens is 1110 g/mol. The van der Waals surface area contributed by atoms with Crippen molar-refractivity contribution in [3.05, 3.63) is 178 Å². The number of nitrogens with zero attached hydrogens (tertiary/aromatic N) is 12. The monoisotopic (exact) mass is 1160 g/mol. The van der Waals surface area contributed by atoms with Crippen molar-refractivity contribution >= 4 is 43.5 Å². The zero-order valence-corrected chi connectivity index (χ0v) is 45.0. The van der Waals surface area contributed by atoms with Crippen molar-refractivity contribution in [2.24, 2.45) is 24.9 Å². The normalized spacial score (nSPS) is 14.7. The number of pyridine rings is 2. The topological polar surface area (TPSA) is 213 Å². The summed E-state index contributed by atoms with van der Waals surface area (Å²) < 4.78 is 55.0. The first kappa shape index (κ1) is 54.2. The third-order valence-corrected chi connectivity index (χ3v) is 13.8. The molecule has 0 bridgehead atoms. The van der Waals surface area contributed by atoms with Crippen LogP contribution in [0.3, 0.4) is 0 Å². The van der Waals surface area contributed by atoms with Gasteiger partial charge in [-0.25, -0.2) is 8.78 Å². The molecule has 10 rings (SSSR count). The van der Waals surface area contributed by atoms with E-state index in [-0.39, 0.29) is 11.6 Å². The van der Waals surface area contributed by atoms with Gasteiger partial charge in [0.15, 0.2) is 12.4 Å². The lowest BCUT2D eigenvalue weighted by Crippen LogP contribution is -2.08. The SMILES string of the molecule is C[C@@H](O)c1cc(F)ccc1-c1nn(C)cc1Cc1cnn(CC2(C)CC2)c1.C[C@@H](Oc1cc(Br)cnc1[N+](=O)[O-])c1cc(F)ccc1-c1nn(C)cc1Cc1cnn(CC2(C)CC2)c1.O=[N+]([O-])c1ncc(Br)cc1F. The van der Waals surface area contributed by atoms with E-state index in [0.29, 0.717) is 55.0 Å². The molecule has 2 aliphatic carbocycles. The number of aryl methyl sites for hydroxylation is 2. The highest BCUT2D eigenvalue weighted by Gasteiger charge is 2.38. The Morgan fingerprint density at radius 1 is 0.680 bits per heavy atom. The summed E-state index contributed by atoms with van der Waals surface area (Å²) in [5, 5.41) is 49.9. The second-order valence-corrected chi connectivity index (χ2v) is 21.6. The molecule has 2 saturated carbocycles. The van der Waals surface area contributed by atoms with Crippen LogP contribution in [-0.4, -0.2) is 64.0 Å². The number of aromatic nitrogens is 10. The summed E-state index contributed by atoms with van der Waals surface area (Å²) in [6.07, 6.45) is 19.1. The van der Waals surface area contributed by atoms with E-state index < -0.39 is 45.3 Å². The van der Waals surface area contributed by atoms with Crippen LogP contribution in [0, 0.1) is 48.5 Å². The molecule has 1 N–H and O–H groups in total. The van der Waals surface area contributed by atoms with E-state index in [9.17, 15) is 38.5 Å². The van der Waals surface area contributed by atoms with Crippen LogP contribution in [0.1, 0.15) is 99.0 Å². The average Bonchev–Trinajstić information content (AvgIpc) is 3.90. The largest absolute Gasteiger partial charge is 0.478 e. The zero-order valence-electron chi connectivity index (χ0n) is 41.8. The van der Waals surface area contributed by atoms with Crippen LogP contribution in [0.5, 0.6) is 5.75 Å². The molecule has 0 spiro atoms. The number of halogens is 5. The molecule has 2 aliphatic rings. The summed E-state index contributed by atoms with van der Waals surface area (Å²) in [4.78, 5) is 27.1. The van der Waals surface area contributed by atoms with Gasteiger partial charge in [-0.15, -0.1) is 0 Å². The summed E-state index contributed by atoms with van der Waals surface area (Å²) in [6, 6.07) is 11.4. The quantitative estimate of drug-likeness (QED) is 0.0707. The van der Waals surface area contributed by atoms with Crippen molar-refractivity contribution < 1.29 is 32.9 Å². The number of hydrogen-bond donors (Lipinski definition) is 1. The highest BCUT2D eigenvalue weighted by molar-refractivity contribution is 9.10. The molecule has 392 valence electrons. The van der Waals surface area contributed by atoms with Crippen LogP contribution >= 0.6 is 31.9 Å². The van der Waals surface area contributed by atoms with E-state index in [1.807, 2.05) is 48.2 Å². The molecule has 6 heterocycles. The Labute approximate surface area is 446 Å². The molecule has 0 unspecified atom stereocenters. The van der Waals surface area contributed by atoms with Gasteiger partial charge in [0.2, 0.25) is 11.6 Å². The molecule has 0 radical (unpaired) electrons. The van der Waals surface area contributed by atoms with Gasteiger partial charge in [0.1, 0.15) is 17.7 Å². The summed E-state index contributed by atoms with van der Waals surface area (Å²) in [5.74, 6) is -2.92. The van der Waals surface area contributed by atoms with E-state index in [2.05, 4.69) is 88.5 Å². The maximum absolute atomic E-state index is 14.4. The summed E-state index contributed by atoms with van der Waals surface area (Å²) >= 11 is 6.19. The van der Waals surface area contributed by atoms with E-state index >= 15 is 0 Å². The van der Waals surface area contributed by atoms with E-state index in [0.717, 1.165) is 52.7 Å². The Morgan fingerprint density at radius 3 is 1.59 bits per heavy atom. The van der Waals surface area contributed by atoms with Gasteiger partial charge < -0.3 is 30.1 Å². The molecule has 23 heteroatoms. The third kappa shape index (κ3) is 13.8. The third-order valence-electron chi connectivity index (χ3n) is 12.9. The Hall–Kier alpha value is -7.11. The lowest BCUT2D eigenvalue weighted by Gasteiger charge is -2.18. The number of aliphatic hydroxyl groups excluding tert-OH is 1. The Bertz CT molecular complexity index is 3390. The predicted molar refractivity (Wildman–Crippen MR) is 279 cm³/mol. The van der Waals surface area contributed by atoms with Gasteiger partial charge in [0.25, 0.3) is 0 Å². The van der Waals surface area contributed by atoms with Crippen LogP contribution in [0.25, 0.3) is 22.5 Å². The van der Waals surface area contributed by atoms with Gasteiger partial charge in [0, 0.05) is 105 Å². The minimum absolute atomic E-state index is 0.0138. The molecule has 0 saturated heterocycles. The fraction of sp³-hybridized carbons (Fsp3) is 0.346. The lowest BCUT2D eigenvalue weighted by molar-refractivity contribution is -0.392. The first-order chi connectivity index (χ1) is 35.5. The van der Waals surface area contributed by atoms with E-state index in [1.54, 1.807) is 35.3 Å². The Morgan fingerprint density at radius 2 is 1.13 bits per heavy atom. The molecule has 8 aromatic rings. The standard InChI is InChI=1S/C26H26BrFN6O3.C21H25FN4O.C5H2BrFN2O2/c1-16(37-23-9-19(27)12-29-25(23)34(35)36)22-10-20(28)4-5-21(22)24-18(14-32(3)31-24)8-17-11-30-33(13-17)15-26(2)6-7-26;1-14(27)19-9-17(22)4-5-18(19)20-16(12-25(3)24-20)8-15-10-23-26(11-15)13-21(2)6-7-21;6-3-1-4(7)5(8-2-3)9(10)11/h4-5,9-14,16H,6-8,15H2,1-3H3;4-5,9-12,14,27H,6-8,13H2,1-3H3;1-2H/t16-;14-;/m11./s1. The first-order valence-electron chi connectivity index (χ1n) is 23.8. The minimum Gasteiger partial charge on any atom is -0.478 e. The van der Waals surface area contributed by atoms with Crippen molar-refractivity contribution in [2.75, 3.05) is 0 Å². The van der Waals surface area contributed by atoms with Crippen LogP contribution in [0.4, 0.5) is 24.8 Å². The maximum Gasteiger partial charge on any atom is 0.406 e. The summed E-state index contributed by atoms with van der Waals surface area (Å²) in [5.41, 5.74) is 8.90. The van der Waals surface area contributed by atoms with Crippen LogP contribution in [0.15, 0.2) is 107 Å². The highest BCUT2D eigenvalue weighted by Crippen LogP contribution is 2.47. The second-order valence-electron chi connectivity index (χ2n) is 19.8. The number of hydrogen-bond acceptors (Lipinski definition) is 12. The van der Waals surface area contributed by atoms with E-state index in [4.69, 9.17) is 4.74 Å². The number of rotatable bonds is 16. The lowest BCUT2D eigenvalue weighted by atomic mass is 9.96. The van der Waals surface area contributed by atoms with Crippen molar-refractivity contribution in [1.29, 1.82) is 0 Å². The molecule has 2 atom stereocenters. The smallest absolute Gasteiger partial charge is 0.406 e. The molecule has 75 heavy (non-hydrogen) atoms. The summed E-state index contributed by atoms with van der Waals surface area (Å²) in [6.45, 7) is 9.78. The molecule has 0 aliphatic heterocycles. The average molecular weight is 1160 g/mol. The van der Waals surface area contributed by atoms with Gasteiger partial charge in [0.05, 0.1) is 38.8 Å². The van der Waals surface area contributed by atoms with Crippen molar-refractivity contribution in [2.45, 2.75) is 91.5 Å². The number of ether oxygens (including phenoxy) is 1. The van der Waals surface area contributed by atoms with Gasteiger partial charge >= 0.3 is 11.6 Å². The van der Waals surface area contributed by atoms with Crippen molar-refractivity contribution in [3.8, 4) is 28.3 Å². The highest BCUT2D eigenvalue weighted by atomic mass is 79.9. The van der Waals surface area contributed by atoms with Crippen molar-refractivity contribution in [1.82, 2.24) is 49.1 Å². The van der Waals surface area contributed by atoms with Crippen molar-refractivity contribution in [3.63, 3.8) is 0 Å².